The number of aryl methyl sites for hydroxylation is 1. The van der Waals surface area contributed by atoms with E-state index in [0.717, 1.165) is 5.69 Å². The number of benzene rings is 1. The van der Waals surface area contributed by atoms with Crippen molar-refractivity contribution in [3.63, 3.8) is 0 Å². The first-order valence-corrected chi connectivity index (χ1v) is 6.39. The molecule has 0 atom stereocenters. The van der Waals surface area contributed by atoms with Gasteiger partial charge in [-0.1, -0.05) is 6.07 Å². The standard InChI is InChI=1S/C15H17N3O2/c1-3-18(12-6-4-5-11(16)8-12)15(20)13-9-17-10(2)7-14(13)19/h4-9H,3,16H2,1-2H3,(H,17,19). The van der Waals surface area contributed by atoms with Gasteiger partial charge in [0.1, 0.15) is 5.56 Å². The van der Waals surface area contributed by atoms with Gasteiger partial charge in [0, 0.05) is 35.9 Å². The second-order valence-corrected chi connectivity index (χ2v) is 4.54. The van der Waals surface area contributed by atoms with Crippen LogP contribution in [0.2, 0.25) is 0 Å². The quantitative estimate of drug-likeness (QED) is 0.837. The number of carbonyl (C=O) groups is 1. The average molecular weight is 271 g/mol. The van der Waals surface area contributed by atoms with Crippen molar-refractivity contribution >= 4 is 17.3 Å². The zero-order valence-corrected chi connectivity index (χ0v) is 11.5. The van der Waals surface area contributed by atoms with E-state index >= 15 is 0 Å². The molecule has 0 bridgehead atoms. The van der Waals surface area contributed by atoms with E-state index < -0.39 is 0 Å². The minimum absolute atomic E-state index is 0.125. The first-order chi connectivity index (χ1) is 9.52. The summed E-state index contributed by atoms with van der Waals surface area (Å²) in [7, 11) is 0. The number of amides is 1. The fourth-order valence-corrected chi connectivity index (χ4v) is 2.02. The van der Waals surface area contributed by atoms with E-state index in [1.165, 1.54) is 17.2 Å². The maximum atomic E-state index is 12.5. The molecule has 1 aromatic carbocycles. The molecule has 0 radical (unpaired) electrons. The number of nitrogen functional groups attached to an aromatic ring is 1. The lowest BCUT2D eigenvalue weighted by molar-refractivity contribution is 0.0987. The Morgan fingerprint density at radius 3 is 2.70 bits per heavy atom. The van der Waals surface area contributed by atoms with Crippen molar-refractivity contribution in [3.05, 3.63) is 58.0 Å². The SMILES string of the molecule is CCN(C(=O)c1c[nH]c(C)cc1=O)c1cccc(N)c1. The highest BCUT2D eigenvalue weighted by Crippen LogP contribution is 2.18. The van der Waals surface area contributed by atoms with Gasteiger partial charge in [0.25, 0.3) is 5.91 Å². The van der Waals surface area contributed by atoms with E-state index in [-0.39, 0.29) is 16.9 Å². The third-order valence-electron chi connectivity index (χ3n) is 3.03. The maximum absolute atomic E-state index is 12.5. The Kier molecular flexibility index (Phi) is 3.89. The van der Waals surface area contributed by atoms with Gasteiger partial charge in [0.05, 0.1) is 0 Å². The molecule has 0 aliphatic heterocycles. The number of nitrogens with zero attached hydrogens (tertiary/aromatic N) is 1. The first-order valence-electron chi connectivity index (χ1n) is 6.39. The van der Waals surface area contributed by atoms with Crippen molar-refractivity contribution < 1.29 is 4.79 Å². The molecule has 0 fully saturated rings. The zero-order chi connectivity index (χ0) is 14.7. The molecule has 0 aliphatic carbocycles. The molecule has 0 unspecified atom stereocenters. The van der Waals surface area contributed by atoms with Crippen LogP contribution in [0.1, 0.15) is 23.0 Å². The summed E-state index contributed by atoms with van der Waals surface area (Å²) in [4.78, 5) is 28.8. The Balaban J connectivity index is 2.41. The largest absolute Gasteiger partial charge is 0.399 e. The number of hydrogen-bond acceptors (Lipinski definition) is 3. The van der Waals surface area contributed by atoms with Crippen LogP contribution >= 0.6 is 0 Å². The monoisotopic (exact) mass is 271 g/mol. The van der Waals surface area contributed by atoms with Crippen molar-refractivity contribution in [2.45, 2.75) is 13.8 Å². The van der Waals surface area contributed by atoms with Gasteiger partial charge in [0.2, 0.25) is 0 Å². The maximum Gasteiger partial charge on any atom is 0.263 e. The third-order valence-corrected chi connectivity index (χ3v) is 3.03. The summed E-state index contributed by atoms with van der Waals surface area (Å²) in [6.45, 7) is 4.07. The van der Waals surface area contributed by atoms with Crippen molar-refractivity contribution in [3.8, 4) is 0 Å². The highest BCUT2D eigenvalue weighted by atomic mass is 16.2. The smallest absolute Gasteiger partial charge is 0.263 e. The molecule has 0 spiro atoms. The molecule has 5 heteroatoms. The zero-order valence-electron chi connectivity index (χ0n) is 11.5. The molecule has 3 N–H and O–H groups in total. The van der Waals surface area contributed by atoms with E-state index in [1.807, 2.05) is 6.92 Å². The summed E-state index contributed by atoms with van der Waals surface area (Å²) in [5, 5.41) is 0. The second-order valence-electron chi connectivity index (χ2n) is 4.54. The van der Waals surface area contributed by atoms with Gasteiger partial charge in [-0.3, -0.25) is 9.59 Å². The summed E-state index contributed by atoms with van der Waals surface area (Å²) >= 11 is 0. The molecular weight excluding hydrogens is 254 g/mol. The molecule has 2 rings (SSSR count). The molecule has 0 saturated carbocycles. The highest BCUT2D eigenvalue weighted by Gasteiger charge is 2.19. The van der Waals surface area contributed by atoms with Crippen molar-refractivity contribution in [2.24, 2.45) is 0 Å². The topological polar surface area (TPSA) is 79.2 Å². The number of anilines is 2. The number of nitrogens with one attached hydrogen (secondary N) is 1. The van der Waals surface area contributed by atoms with Gasteiger partial charge in [-0.25, -0.2) is 0 Å². The highest BCUT2D eigenvalue weighted by molar-refractivity contribution is 6.06. The molecule has 0 saturated heterocycles. The van der Waals surface area contributed by atoms with E-state index in [9.17, 15) is 9.59 Å². The Morgan fingerprint density at radius 2 is 2.10 bits per heavy atom. The van der Waals surface area contributed by atoms with Crippen molar-refractivity contribution in [2.75, 3.05) is 17.2 Å². The number of aromatic amines is 1. The van der Waals surface area contributed by atoms with Gasteiger partial charge in [0.15, 0.2) is 5.43 Å². The Morgan fingerprint density at radius 1 is 1.35 bits per heavy atom. The van der Waals surface area contributed by atoms with Gasteiger partial charge < -0.3 is 15.6 Å². The van der Waals surface area contributed by atoms with Crippen LogP contribution in [0.5, 0.6) is 0 Å². The number of rotatable bonds is 3. The third kappa shape index (κ3) is 2.71. The minimum Gasteiger partial charge on any atom is -0.399 e. The normalized spacial score (nSPS) is 10.3. The number of carbonyl (C=O) groups excluding carboxylic acids is 1. The van der Waals surface area contributed by atoms with E-state index in [2.05, 4.69) is 4.98 Å². The van der Waals surface area contributed by atoms with E-state index in [0.29, 0.717) is 17.9 Å². The van der Waals surface area contributed by atoms with Crippen LogP contribution in [-0.4, -0.2) is 17.4 Å². The van der Waals surface area contributed by atoms with Gasteiger partial charge >= 0.3 is 0 Å². The van der Waals surface area contributed by atoms with Crippen LogP contribution in [0.4, 0.5) is 11.4 Å². The fourth-order valence-electron chi connectivity index (χ4n) is 2.02. The molecule has 1 amide bonds. The molecule has 2 aromatic rings. The lowest BCUT2D eigenvalue weighted by Crippen LogP contribution is -2.34. The van der Waals surface area contributed by atoms with Crippen LogP contribution in [0.3, 0.4) is 0 Å². The predicted octanol–water partition coefficient (Wildman–Crippen LogP) is 1.93. The predicted molar refractivity (Wildman–Crippen MR) is 80.0 cm³/mol. The number of pyridine rings is 1. The van der Waals surface area contributed by atoms with Crippen LogP contribution < -0.4 is 16.1 Å². The number of H-pyrrole nitrogens is 1. The molecule has 1 aromatic heterocycles. The average Bonchev–Trinajstić information content (AvgIpc) is 2.39. The van der Waals surface area contributed by atoms with Crippen LogP contribution in [0.25, 0.3) is 0 Å². The van der Waals surface area contributed by atoms with Crippen LogP contribution in [0.15, 0.2) is 41.3 Å². The molecule has 1 heterocycles. The fraction of sp³-hybridized carbons (Fsp3) is 0.200. The lowest BCUT2D eigenvalue weighted by atomic mass is 10.2. The van der Waals surface area contributed by atoms with Gasteiger partial charge in [-0.15, -0.1) is 0 Å². The first kappa shape index (κ1) is 13.9. The Hall–Kier alpha value is -2.56. The summed E-state index contributed by atoms with van der Waals surface area (Å²) in [5.41, 5.74) is 7.55. The molecular formula is C15H17N3O2. The molecule has 0 aliphatic rings. The molecule has 20 heavy (non-hydrogen) atoms. The Bertz CT molecular complexity index is 692. The number of nitrogens with two attached hydrogens (primary N) is 1. The van der Waals surface area contributed by atoms with Gasteiger partial charge in [-0.2, -0.15) is 0 Å². The number of hydrogen-bond donors (Lipinski definition) is 2. The van der Waals surface area contributed by atoms with E-state index in [4.69, 9.17) is 5.73 Å². The van der Waals surface area contributed by atoms with E-state index in [1.54, 1.807) is 31.2 Å². The van der Waals surface area contributed by atoms with Crippen molar-refractivity contribution in [1.82, 2.24) is 4.98 Å². The minimum atomic E-state index is -0.334. The second kappa shape index (κ2) is 5.61. The number of aromatic nitrogens is 1. The summed E-state index contributed by atoms with van der Waals surface area (Å²) in [6.07, 6.45) is 1.45. The van der Waals surface area contributed by atoms with Gasteiger partial charge in [-0.05, 0) is 32.0 Å². The summed E-state index contributed by atoms with van der Waals surface area (Å²) in [6, 6.07) is 8.45. The summed E-state index contributed by atoms with van der Waals surface area (Å²) < 4.78 is 0. The van der Waals surface area contributed by atoms with Crippen molar-refractivity contribution in [1.29, 1.82) is 0 Å². The van der Waals surface area contributed by atoms with Crippen LogP contribution in [-0.2, 0) is 0 Å². The Labute approximate surface area is 117 Å². The molecule has 104 valence electrons. The molecule has 5 nitrogen and oxygen atoms in total. The van der Waals surface area contributed by atoms with Crippen LogP contribution in [0, 0.1) is 6.92 Å². The lowest BCUT2D eigenvalue weighted by Gasteiger charge is -2.21. The summed E-state index contributed by atoms with van der Waals surface area (Å²) in [5.74, 6) is -0.334.